The molecule has 0 aliphatic rings. The predicted molar refractivity (Wildman–Crippen MR) is 89.3 cm³/mol. The van der Waals surface area contributed by atoms with Crippen molar-refractivity contribution in [3.8, 4) is 5.69 Å². The Labute approximate surface area is 147 Å². The molecule has 0 unspecified atom stereocenters. The first-order chi connectivity index (χ1) is 11.5. The number of aromatic nitrogens is 2. The SMILES string of the molecule is COC(=O)/C=C(/Nc1ccc(-n2cnc(Cl)c2Cl)cc1)C(=O)OC. The number of rotatable bonds is 5. The lowest BCUT2D eigenvalue weighted by atomic mass is 10.2. The molecule has 0 fully saturated rings. The molecular formula is C15H13Cl2N3O4. The van der Waals surface area contributed by atoms with Gasteiger partial charge in [0.15, 0.2) is 10.3 Å². The molecule has 1 aromatic carbocycles. The first-order valence-electron chi connectivity index (χ1n) is 6.60. The molecule has 1 N–H and O–H groups in total. The second-order valence-electron chi connectivity index (χ2n) is 4.44. The van der Waals surface area contributed by atoms with Crippen LogP contribution in [0.5, 0.6) is 0 Å². The molecule has 0 saturated heterocycles. The van der Waals surface area contributed by atoms with Gasteiger partial charge in [-0.15, -0.1) is 0 Å². The number of carbonyl (C=O) groups excluding carboxylic acids is 2. The third-order valence-electron chi connectivity index (χ3n) is 2.96. The Morgan fingerprint density at radius 3 is 2.33 bits per heavy atom. The Bertz CT molecular complexity index is 785. The number of methoxy groups -OCH3 is 2. The average molecular weight is 370 g/mol. The minimum Gasteiger partial charge on any atom is -0.466 e. The summed E-state index contributed by atoms with van der Waals surface area (Å²) >= 11 is 11.8. The van der Waals surface area contributed by atoms with E-state index >= 15 is 0 Å². The van der Waals surface area contributed by atoms with E-state index in [1.807, 2.05) is 0 Å². The monoisotopic (exact) mass is 369 g/mol. The minimum absolute atomic E-state index is 0.0548. The highest BCUT2D eigenvalue weighted by molar-refractivity contribution is 6.40. The fourth-order valence-corrected chi connectivity index (χ4v) is 2.11. The maximum atomic E-state index is 11.7. The molecule has 1 heterocycles. The smallest absolute Gasteiger partial charge is 0.354 e. The predicted octanol–water partition coefficient (Wildman–Crippen LogP) is 2.82. The summed E-state index contributed by atoms with van der Waals surface area (Å²) in [7, 11) is 2.42. The van der Waals surface area contributed by atoms with E-state index in [1.54, 1.807) is 28.8 Å². The van der Waals surface area contributed by atoms with Crippen molar-refractivity contribution in [3.63, 3.8) is 0 Å². The Morgan fingerprint density at radius 2 is 1.83 bits per heavy atom. The third kappa shape index (κ3) is 4.06. The minimum atomic E-state index is -0.700. The fourth-order valence-electron chi connectivity index (χ4n) is 1.79. The summed E-state index contributed by atoms with van der Waals surface area (Å²) in [5, 5.41) is 3.29. The van der Waals surface area contributed by atoms with E-state index in [-0.39, 0.29) is 10.9 Å². The van der Waals surface area contributed by atoms with Crippen LogP contribution >= 0.6 is 23.2 Å². The standard InChI is InChI=1S/C15H13Cl2N3O4/c1-23-12(21)7-11(15(22)24-2)19-9-3-5-10(6-4-9)20-8-18-13(16)14(20)17/h3-8,19H,1-2H3/b11-7+. The molecule has 24 heavy (non-hydrogen) atoms. The summed E-state index contributed by atoms with van der Waals surface area (Å²) in [5.74, 6) is -1.38. The van der Waals surface area contributed by atoms with E-state index in [1.165, 1.54) is 20.5 Å². The molecule has 126 valence electrons. The quantitative estimate of drug-likeness (QED) is 0.644. The van der Waals surface area contributed by atoms with Gasteiger partial charge in [0.05, 0.1) is 20.3 Å². The highest BCUT2D eigenvalue weighted by atomic mass is 35.5. The maximum absolute atomic E-state index is 11.7. The van der Waals surface area contributed by atoms with Crippen molar-refractivity contribution < 1.29 is 19.1 Å². The summed E-state index contributed by atoms with van der Waals surface area (Å²) in [4.78, 5) is 26.9. The Kier molecular flexibility index (Phi) is 5.83. The maximum Gasteiger partial charge on any atom is 0.354 e. The number of hydrogen-bond donors (Lipinski definition) is 1. The van der Waals surface area contributed by atoms with Crippen molar-refractivity contribution in [1.82, 2.24) is 9.55 Å². The molecule has 0 aliphatic carbocycles. The summed E-state index contributed by atoms with van der Waals surface area (Å²) in [6, 6.07) is 6.85. The van der Waals surface area contributed by atoms with Crippen LogP contribution < -0.4 is 5.32 Å². The summed E-state index contributed by atoms with van der Waals surface area (Å²) in [6.07, 6.45) is 2.50. The molecule has 7 nitrogen and oxygen atoms in total. The lowest BCUT2D eigenvalue weighted by Crippen LogP contribution is -2.15. The molecular weight excluding hydrogens is 357 g/mol. The van der Waals surface area contributed by atoms with Crippen molar-refractivity contribution in [2.24, 2.45) is 0 Å². The van der Waals surface area contributed by atoms with E-state index in [4.69, 9.17) is 23.2 Å². The first-order valence-corrected chi connectivity index (χ1v) is 7.35. The van der Waals surface area contributed by atoms with Gasteiger partial charge in [0.2, 0.25) is 0 Å². The van der Waals surface area contributed by atoms with Gasteiger partial charge in [0.25, 0.3) is 0 Å². The topological polar surface area (TPSA) is 82.5 Å². The number of esters is 2. The van der Waals surface area contributed by atoms with Crippen LogP contribution in [-0.4, -0.2) is 35.7 Å². The molecule has 0 radical (unpaired) electrons. The lowest BCUT2D eigenvalue weighted by molar-refractivity contribution is -0.138. The first kappa shape index (κ1) is 17.8. The van der Waals surface area contributed by atoms with Gasteiger partial charge in [-0.1, -0.05) is 23.2 Å². The number of ether oxygens (including phenoxy) is 2. The van der Waals surface area contributed by atoms with Crippen LogP contribution in [0.25, 0.3) is 5.69 Å². The zero-order valence-corrected chi connectivity index (χ0v) is 14.3. The Hall–Kier alpha value is -2.51. The highest BCUT2D eigenvalue weighted by Gasteiger charge is 2.13. The van der Waals surface area contributed by atoms with E-state index in [0.29, 0.717) is 10.8 Å². The molecule has 2 rings (SSSR count). The highest BCUT2D eigenvalue weighted by Crippen LogP contribution is 2.24. The fraction of sp³-hybridized carbons (Fsp3) is 0.133. The summed E-state index contributed by atoms with van der Waals surface area (Å²) in [6.45, 7) is 0. The Morgan fingerprint density at radius 1 is 1.17 bits per heavy atom. The molecule has 0 spiro atoms. The third-order valence-corrected chi connectivity index (χ3v) is 3.70. The van der Waals surface area contributed by atoms with Crippen LogP contribution in [0, 0.1) is 0 Å². The number of nitrogens with one attached hydrogen (secondary N) is 1. The number of anilines is 1. The van der Waals surface area contributed by atoms with Gasteiger partial charge in [-0.3, -0.25) is 4.57 Å². The number of carbonyl (C=O) groups is 2. The van der Waals surface area contributed by atoms with Crippen LogP contribution in [0.3, 0.4) is 0 Å². The van der Waals surface area contributed by atoms with Gasteiger partial charge in [-0.2, -0.15) is 0 Å². The van der Waals surface area contributed by atoms with Crippen molar-refractivity contribution in [3.05, 3.63) is 52.7 Å². The molecule has 1 aromatic heterocycles. The van der Waals surface area contributed by atoms with Gasteiger partial charge in [-0.25, -0.2) is 14.6 Å². The molecule has 0 atom stereocenters. The van der Waals surface area contributed by atoms with Crippen LogP contribution in [-0.2, 0) is 19.1 Å². The number of hydrogen-bond acceptors (Lipinski definition) is 6. The van der Waals surface area contributed by atoms with Crippen molar-refractivity contribution >= 4 is 40.8 Å². The van der Waals surface area contributed by atoms with Crippen LogP contribution in [0.1, 0.15) is 0 Å². The van der Waals surface area contributed by atoms with E-state index < -0.39 is 11.9 Å². The van der Waals surface area contributed by atoms with E-state index in [2.05, 4.69) is 19.8 Å². The van der Waals surface area contributed by atoms with Gasteiger partial charge < -0.3 is 14.8 Å². The number of halogens is 2. The van der Waals surface area contributed by atoms with Crippen molar-refractivity contribution in [2.45, 2.75) is 0 Å². The second-order valence-corrected chi connectivity index (χ2v) is 5.16. The lowest BCUT2D eigenvalue weighted by Gasteiger charge is -2.10. The van der Waals surface area contributed by atoms with Crippen LogP contribution in [0.15, 0.2) is 42.4 Å². The van der Waals surface area contributed by atoms with E-state index in [0.717, 1.165) is 11.8 Å². The van der Waals surface area contributed by atoms with E-state index in [9.17, 15) is 9.59 Å². The molecule has 9 heteroatoms. The van der Waals surface area contributed by atoms with Crippen molar-refractivity contribution in [2.75, 3.05) is 19.5 Å². The normalized spacial score (nSPS) is 11.1. The summed E-state index contributed by atoms with van der Waals surface area (Å²) in [5.41, 5.74) is 1.23. The zero-order valence-electron chi connectivity index (χ0n) is 12.7. The molecule has 2 aromatic rings. The van der Waals surface area contributed by atoms with Gasteiger partial charge in [0, 0.05) is 11.4 Å². The molecule has 0 saturated carbocycles. The second kappa shape index (κ2) is 7.85. The summed E-state index contributed by atoms with van der Waals surface area (Å²) < 4.78 is 10.7. The zero-order chi connectivity index (χ0) is 17.7. The van der Waals surface area contributed by atoms with Crippen LogP contribution in [0.2, 0.25) is 10.3 Å². The molecule has 0 aliphatic heterocycles. The van der Waals surface area contributed by atoms with Crippen molar-refractivity contribution in [1.29, 1.82) is 0 Å². The largest absolute Gasteiger partial charge is 0.466 e. The molecule has 0 bridgehead atoms. The number of benzene rings is 1. The molecule has 0 amide bonds. The van der Waals surface area contributed by atoms with Crippen LogP contribution in [0.4, 0.5) is 5.69 Å². The number of nitrogens with zero attached hydrogens (tertiary/aromatic N) is 2. The van der Waals surface area contributed by atoms with Gasteiger partial charge in [-0.05, 0) is 24.3 Å². The average Bonchev–Trinajstić information content (AvgIpc) is 2.93. The Balaban J connectivity index is 2.23. The number of imidazole rings is 1. The van der Waals surface area contributed by atoms with Gasteiger partial charge >= 0.3 is 11.9 Å². The van der Waals surface area contributed by atoms with Gasteiger partial charge in [0.1, 0.15) is 12.0 Å².